The lowest BCUT2D eigenvalue weighted by Gasteiger charge is -2.35. The van der Waals surface area contributed by atoms with Crippen molar-refractivity contribution in [2.75, 3.05) is 18.1 Å². The van der Waals surface area contributed by atoms with Crippen molar-refractivity contribution in [1.82, 2.24) is 14.7 Å². The monoisotopic (exact) mass is 331 g/mol. The van der Waals surface area contributed by atoms with E-state index in [-0.39, 0.29) is 11.9 Å². The fourth-order valence-electron chi connectivity index (χ4n) is 2.89. The predicted octanol–water partition coefficient (Wildman–Crippen LogP) is 1.93. The first kappa shape index (κ1) is 15.9. The van der Waals surface area contributed by atoms with Crippen LogP contribution >= 0.6 is 0 Å². The molecule has 1 amide bonds. The molecule has 1 aromatic heterocycles. The van der Waals surface area contributed by atoms with Crippen molar-refractivity contribution < 1.29 is 9.00 Å². The van der Waals surface area contributed by atoms with Crippen molar-refractivity contribution in [3.8, 4) is 0 Å². The molecule has 1 saturated heterocycles. The topological polar surface area (TPSA) is 55.2 Å². The van der Waals surface area contributed by atoms with Gasteiger partial charge in [-0.15, -0.1) is 0 Å². The largest absolute Gasteiger partial charge is 0.330 e. The van der Waals surface area contributed by atoms with Gasteiger partial charge < -0.3 is 4.90 Å². The molecule has 6 heteroatoms. The maximum Gasteiger partial charge on any atom is 0.254 e. The highest BCUT2D eigenvalue weighted by molar-refractivity contribution is 7.85. The third-order valence-electron chi connectivity index (χ3n) is 4.26. The van der Waals surface area contributed by atoms with Crippen LogP contribution in [0.2, 0.25) is 0 Å². The average molecular weight is 331 g/mol. The average Bonchev–Trinajstić information content (AvgIpc) is 3.00. The van der Waals surface area contributed by atoms with Crippen LogP contribution in [0.25, 0.3) is 0 Å². The molecule has 0 aliphatic carbocycles. The molecule has 0 radical (unpaired) electrons. The van der Waals surface area contributed by atoms with Gasteiger partial charge in [0.1, 0.15) is 0 Å². The maximum absolute atomic E-state index is 12.9. The fraction of sp³-hybridized carbons (Fsp3) is 0.412. The van der Waals surface area contributed by atoms with Crippen molar-refractivity contribution >= 4 is 16.7 Å². The highest BCUT2D eigenvalue weighted by Gasteiger charge is 2.32. The predicted molar refractivity (Wildman–Crippen MR) is 90.7 cm³/mol. The Morgan fingerprint density at radius 2 is 2.09 bits per heavy atom. The first-order chi connectivity index (χ1) is 11.1. The van der Waals surface area contributed by atoms with Gasteiger partial charge in [0.2, 0.25) is 0 Å². The molecule has 1 aliphatic heterocycles. The van der Waals surface area contributed by atoms with E-state index < -0.39 is 10.8 Å². The Balaban J connectivity index is 1.87. The molecule has 122 valence electrons. The molecule has 1 aliphatic rings. The quantitative estimate of drug-likeness (QED) is 0.863. The summed E-state index contributed by atoms with van der Waals surface area (Å²) >= 11 is 0. The van der Waals surface area contributed by atoms with E-state index in [9.17, 15) is 9.00 Å². The van der Waals surface area contributed by atoms with Gasteiger partial charge >= 0.3 is 0 Å². The summed E-state index contributed by atoms with van der Waals surface area (Å²) < 4.78 is 13.7. The molecule has 2 heterocycles. The molecule has 2 atom stereocenters. The zero-order valence-corrected chi connectivity index (χ0v) is 14.3. The van der Waals surface area contributed by atoms with Gasteiger partial charge in [-0.2, -0.15) is 5.10 Å². The minimum absolute atomic E-state index is 0.00166. The Bertz CT molecular complexity index is 724. The lowest BCUT2D eigenvalue weighted by Crippen LogP contribution is -2.44. The summed E-state index contributed by atoms with van der Waals surface area (Å²) in [6, 6.07) is 7.58. The third-order valence-corrected chi connectivity index (χ3v) is 5.58. The molecule has 0 N–H and O–H groups in total. The lowest BCUT2D eigenvalue weighted by molar-refractivity contribution is 0.0699. The number of hydrogen-bond acceptors (Lipinski definition) is 3. The standard InChI is InChI=1S/C17H21N3O2S/c1-3-13-4-6-14(7-5-13)17(21)20-8-9-23(22)12-16(20)15-10-18-19(2)11-15/h4-7,10-11,16H,3,8-9,12H2,1-2H3/t16-,23-/m0/s1. The van der Waals surface area contributed by atoms with Gasteiger partial charge in [-0.1, -0.05) is 19.1 Å². The number of amides is 1. The van der Waals surface area contributed by atoms with Gasteiger partial charge in [-0.3, -0.25) is 13.7 Å². The molecule has 1 fully saturated rings. The molecule has 0 saturated carbocycles. The summed E-state index contributed by atoms with van der Waals surface area (Å²) in [5.41, 5.74) is 2.84. The van der Waals surface area contributed by atoms with Crippen LogP contribution < -0.4 is 0 Å². The smallest absolute Gasteiger partial charge is 0.254 e. The maximum atomic E-state index is 12.9. The van der Waals surface area contributed by atoms with Gasteiger partial charge in [0.15, 0.2) is 0 Å². The SMILES string of the molecule is CCc1ccc(C(=O)N2CC[S@](=O)C[C@H]2c2cnn(C)c2)cc1. The molecule has 1 aromatic carbocycles. The molecular weight excluding hydrogens is 310 g/mol. The molecule has 0 unspecified atom stereocenters. The summed E-state index contributed by atoms with van der Waals surface area (Å²) in [5, 5.41) is 4.19. The van der Waals surface area contributed by atoms with E-state index in [1.807, 2.05) is 42.4 Å². The Morgan fingerprint density at radius 3 is 2.70 bits per heavy atom. The van der Waals surface area contributed by atoms with Crippen LogP contribution in [0.4, 0.5) is 0 Å². The third kappa shape index (κ3) is 3.37. The number of benzene rings is 1. The Hall–Kier alpha value is -1.95. The summed E-state index contributed by atoms with van der Waals surface area (Å²) in [6.07, 6.45) is 4.61. The van der Waals surface area contributed by atoms with E-state index in [0.717, 1.165) is 12.0 Å². The van der Waals surface area contributed by atoms with Crippen LogP contribution in [0, 0.1) is 0 Å². The van der Waals surface area contributed by atoms with E-state index in [1.165, 1.54) is 5.56 Å². The van der Waals surface area contributed by atoms with Crippen LogP contribution in [0.1, 0.15) is 34.5 Å². The van der Waals surface area contributed by atoms with Crippen LogP contribution in [-0.4, -0.2) is 42.8 Å². The van der Waals surface area contributed by atoms with E-state index >= 15 is 0 Å². The highest BCUT2D eigenvalue weighted by Crippen LogP contribution is 2.27. The molecule has 5 nitrogen and oxygen atoms in total. The van der Waals surface area contributed by atoms with Crippen molar-refractivity contribution in [2.45, 2.75) is 19.4 Å². The number of carbonyl (C=O) groups is 1. The van der Waals surface area contributed by atoms with Gasteiger partial charge in [-0.25, -0.2) is 0 Å². The molecule has 0 spiro atoms. The Kier molecular flexibility index (Phi) is 4.61. The van der Waals surface area contributed by atoms with Crippen molar-refractivity contribution in [2.24, 2.45) is 7.05 Å². The fourth-order valence-corrected chi connectivity index (χ4v) is 4.18. The normalized spacial score (nSPS) is 21.4. The van der Waals surface area contributed by atoms with Crippen LogP contribution in [0.3, 0.4) is 0 Å². The molecule has 23 heavy (non-hydrogen) atoms. The number of hydrogen-bond donors (Lipinski definition) is 0. The molecule has 3 rings (SSSR count). The first-order valence-electron chi connectivity index (χ1n) is 7.82. The highest BCUT2D eigenvalue weighted by atomic mass is 32.2. The number of rotatable bonds is 3. The zero-order chi connectivity index (χ0) is 16.4. The minimum Gasteiger partial charge on any atom is -0.330 e. The van der Waals surface area contributed by atoms with E-state index in [4.69, 9.17) is 0 Å². The van der Waals surface area contributed by atoms with Gasteiger partial charge in [0.05, 0.1) is 12.2 Å². The van der Waals surface area contributed by atoms with Crippen LogP contribution in [0.5, 0.6) is 0 Å². The van der Waals surface area contributed by atoms with Crippen molar-refractivity contribution in [3.63, 3.8) is 0 Å². The van der Waals surface area contributed by atoms with Gasteiger partial charge in [0.25, 0.3) is 5.91 Å². The minimum atomic E-state index is -0.891. The lowest BCUT2D eigenvalue weighted by atomic mass is 10.1. The first-order valence-corrected chi connectivity index (χ1v) is 9.30. The Labute approximate surface area is 138 Å². The van der Waals surface area contributed by atoms with Crippen molar-refractivity contribution in [1.29, 1.82) is 0 Å². The van der Waals surface area contributed by atoms with Crippen LogP contribution in [-0.2, 0) is 24.3 Å². The van der Waals surface area contributed by atoms with Gasteiger partial charge in [0, 0.05) is 53.2 Å². The second-order valence-corrected chi connectivity index (χ2v) is 7.44. The summed E-state index contributed by atoms with van der Waals surface area (Å²) in [5.74, 6) is 1.01. The second kappa shape index (κ2) is 6.66. The van der Waals surface area contributed by atoms with E-state index in [1.54, 1.807) is 10.9 Å². The molecular formula is C17H21N3O2S. The zero-order valence-electron chi connectivity index (χ0n) is 13.4. The summed E-state index contributed by atoms with van der Waals surface area (Å²) in [4.78, 5) is 14.7. The number of nitrogens with zero attached hydrogens (tertiary/aromatic N) is 3. The Morgan fingerprint density at radius 1 is 1.35 bits per heavy atom. The van der Waals surface area contributed by atoms with Gasteiger partial charge in [-0.05, 0) is 24.1 Å². The van der Waals surface area contributed by atoms with E-state index in [0.29, 0.717) is 23.6 Å². The number of aromatic nitrogens is 2. The summed E-state index contributed by atoms with van der Waals surface area (Å²) in [7, 11) is 0.955. The van der Waals surface area contributed by atoms with E-state index in [2.05, 4.69) is 12.0 Å². The molecule has 2 aromatic rings. The van der Waals surface area contributed by atoms with Crippen LogP contribution in [0.15, 0.2) is 36.7 Å². The number of carbonyl (C=O) groups excluding carboxylic acids is 1. The van der Waals surface area contributed by atoms with Crippen molar-refractivity contribution in [3.05, 3.63) is 53.3 Å². The molecule has 0 bridgehead atoms. The number of aryl methyl sites for hydroxylation is 2. The summed E-state index contributed by atoms with van der Waals surface area (Å²) in [6.45, 7) is 2.61. The second-order valence-electron chi connectivity index (χ2n) is 5.82.